The van der Waals surface area contributed by atoms with Crippen LogP contribution in [-0.2, 0) is 14.3 Å². The highest BCUT2D eigenvalue weighted by molar-refractivity contribution is 5.93. The van der Waals surface area contributed by atoms with E-state index in [4.69, 9.17) is 4.74 Å². The molecule has 3 fully saturated rings. The molecular weight excluding hydrogens is 398 g/mol. The van der Waals surface area contributed by atoms with Crippen LogP contribution in [0.25, 0.3) is 0 Å². The van der Waals surface area contributed by atoms with Crippen molar-refractivity contribution in [3.63, 3.8) is 0 Å². The summed E-state index contributed by atoms with van der Waals surface area (Å²) >= 11 is 0. The van der Waals surface area contributed by atoms with E-state index in [0.29, 0.717) is 37.7 Å². The lowest BCUT2D eigenvalue weighted by Gasteiger charge is -2.34. The molecule has 0 aromatic carbocycles. The van der Waals surface area contributed by atoms with Gasteiger partial charge in [0.05, 0.1) is 24.5 Å². The van der Waals surface area contributed by atoms with E-state index in [1.54, 1.807) is 11.8 Å². The highest BCUT2D eigenvalue weighted by atomic mass is 16.5. The van der Waals surface area contributed by atoms with E-state index in [0.717, 1.165) is 18.5 Å². The van der Waals surface area contributed by atoms with Crippen LogP contribution in [-0.4, -0.2) is 70.6 Å². The number of hydrogen-bond donors (Lipinski definition) is 2. The van der Waals surface area contributed by atoms with E-state index in [1.165, 1.54) is 0 Å². The number of H-pyrrole nitrogens is 1. The quantitative estimate of drug-likeness (QED) is 0.668. The number of likely N-dealkylation sites (N-methyl/N-ethyl adjacent to an activating group) is 1. The molecule has 31 heavy (non-hydrogen) atoms. The third kappa shape index (κ3) is 3.09. The Balaban J connectivity index is 1.23. The number of carbonyl (C=O) groups is 2. The molecule has 0 saturated carbocycles. The molecule has 166 valence electrons. The Labute approximate surface area is 180 Å². The molecule has 2 amide bonds. The van der Waals surface area contributed by atoms with Crippen LogP contribution in [0, 0.1) is 25.7 Å². The maximum atomic E-state index is 13.2. The van der Waals surface area contributed by atoms with Crippen molar-refractivity contribution in [2.24, 2.45) is 11.8 Å². The van der Waals surface area contributed by atoms with E-state index in [1.807, 2.05) is 26.0 Å². The van der Waals surface area contributed by atoms with Crippen LogP contribution >= 0.6 is 0 Å². The fourth-order valence-electron chi connectivity index (χ4n) is 5.46. The first-order valence-electron chi connectivity index (χ1n) is 11.1. The summed E-state index contributed by atoms with van der Waals surface area (Å²) in [5.41, 5.74) is 0.617. The van der Waals surface area contributed by atoms with Crippen molar-refractivity contribution in [3.05, 3.63) is 33.8 Å². The second-order valence-corrected chi connectivity index (χ2v) is 9.12. The number of rotatable bonds is 4. The second-order valence-electron chi connectivity index (χ2n) is 9.12. The number of anilines is 1. The van der Waals surface area contributed by atoms with Gasteiger partial charge < -0.3 is 19.9 Å². The molecule has 1 spiro atoms. The van der Waals surface area contributed by atoms with Gasteiger partial charge in [-0.1, -0.05) is 12.2 Å². The predicted octanol–water partition coefficient (Wildman–Crippen LogP) is 0.274. The third-order valence-electron chi connectivity index (χ3n) is 7.39. The van der Waals surface area contributed by atoms with Crippen molar-refractivity contribution in [3.8, 4) is 0 Å². The zero-order chi connectivity index (χ0) is 21.9. The van der Waals surface area contributed by atoms with Gasteiger partial charge in [0, 0.05) is 36.9 Å². The Hall–Kier alpha value is -2.68. The molecule has 3 saturated heterocycles. The van der Waals surface area contributed by atoms with Crippen LogP contribution in [0.2, 0.25) is 0 Å². The van der Waals surface area contributed by atoms with E-state index in [-0.39, 0.29) is 29.5 Å². The van der Waals surface area contributed by atoms with Crippen molar-refractivity contribution in [1.82, 2.24) is 20.2 Å². The molecule has 5 heterocycles. The lowest BCUT2D eigenvalue weighted by atomic mass is 9.76. The molecule has 0 radical (unpaired) electrons. The van der Waals surface area contributed by atoms with Gasteiger partial charge in [-0.05, 0) is 33.6 Å². The summed E-state index contributed by atoms with van der Waals surface area (Å²) in [6.45, 7) is 8.09. The van der Waals surface area contributed by atoms with Gasteiger partial charge in [0.25, 0.3) is 5.56 Å². The summed E-state index contributed by atoms with van der Waals surface area (Å²) in [6, 6.07) is 0.0276. The van der Waals surface area contributed by atoms with Gasteiger partial charge in [0.1, 0.15) is 5.60 Å². The third-order valence-corrected chi connectivity index (χ3v) is 7.39. The molecule has 9 nitrogen and oxygen atoms in total. The Bertz CT molecular complexity index is 1010. The number of likely N-dealkylation sites (tertiary alicyclic amines) is 1. The SMILES string of the molecule is CCN1C[C@@]23C=C[C@@H](O2)[C@H](C(=O)NC2CCN(c4nc(C)c(C)c(=O)[nH]4)CC2)[C@H]3C1=O. The Kier molecular flexibility index (Phi) is 4.69. The number of aryl methyl sites for hydroxylation is 1. The van der Waals surface area contributed by atoms with E-state index in [2.05, 4.69) is 20.2 Å². The van der Waals surface area contributed by atoms with Gasteiger partial charge in [-0.3, -0.25) is 19.4 Å². The highest BCUT2D eigenvalue weighted by Gasteiger charge is 2.66. The largest absolute Gasteiger partial charge is 0.360 e. The summed E-state index contributed by atoms with van der Waals surface area (Å²) in [5.74, 6) is -0.377. The average molecular weight is 428 g/mol. The van der Waals surface area contributed by atoms with Crippen molar-refractivity contribution in [2.75, 3.05) is 31.1 Å². The number of nitrogens with one attached hydrogen (secondary N) is 2. The van der Waals surface area contributed by atoms with Gasteiger partial charge in [-0.25, -0.2) is 4.98 Å². The summed E-state index contributed by atoms with van der Waals surface area (Å²) in [7, 11) is 0. The Morgan fingerprint density at radius 1 is 1.32 bits per heavy atom. The molecule has 1 aromatic heterocycles. The van der Waals surface area contributed by atoms with Crippen LogP contribution in [0.1, 0.15) is 31.0 Å². The maximum absolute atomic E-state index is 13.2. The van der Waals surface area contributed by atoms with Gasteiger partial charge in [0.15, 0.2) is 0 Å². The molecule has 5 rings (SSSR count). The number of aromatic nitrogens is 2. The fourth-order valence-corrected chi connectivity index (χ4v) is 5.46. The Morgan fingerprint density at radius 3 is 2.74 bits per heavy atom. The summed E-state index contributed by atoms with van der Waals surface area (Å²) < 4.78 is 6.13. The monoisotopic (exact) mass is 427 g/mol. The second kappa shape index (κ2) is 7.19. The number of hydrogen-bond acceptors (Lipinski definition) is 6. The van der Waals surface area contributed by atoms with Gasteiger partial charge in [-0.2, -0.15) is 0 Å². The number of aromatic amines is 1. The van der Waals surface area contributed by atoms with Crippen LogP contribution in [0.15, 0.2) is 16.9 Å². The molecule has 4 aliphatic heterocycles. The van der Waals surface area contributed by atoms with E-state index >= 15 is 0 Å². The normalized spacial score (nSPS) is 32.1. The molecule has 4 atom stereocenters. The molecule has 2 N–H and O–H groups in total. The van der Waals surface area contributed by atoms with Crippen molar-refractivity contribution >= 4 is 17.8 Å². The molecule has 0 unspecified atom stereocenters. The average Bonchev–Trinajstić information content (AvgIpc) is 3.40. The van der Waals surface area contributed by atoms with Crippen LogP contribution in [0.3, 0.4) is 0 Å². The fraction of sp³-hybridized carbons (Fsp3) is 0.636. The van der Waals surface area contributed by atoms with E-state index < -0.39 is 17.4 Å². The molecule has 4 aliphatic rings. The number of piperidine rings is 1. The van der Waals surface area contributed by atoms with Crippen LogP contribution in [0.5, 0.6) is 0 Å². The number of ether oxygens (including phenoxy) is 1. The molecular formula is C22H29N5O4. The smallest absolute Gasteiger partial charge is 0.255 e. The minimum Gasteiger partial charge on any atom is -0.360 e. The molecule has 9 heteroatoms. The molecule has 2 bridgehead atoms. The maximum Gasteiger partial charge on any atom is 0.255 e. The van der Waals surface area contributed by atoms with Crippen molar-refractivity contribution < 1.29 is 14.3 Å². The lowest BCUT2D eigenvalue weighted by molar-refractivity contribution is -0.137. The summed E-state index contributed by atoms with van der Waals surface area (Å²) in [4.78, 5) is 49.3. The first-order chi connectivity index (χ1) is 14.8. The minimum atomic E-state index is -0.635. The number of amides is 2. The van der Waals surface area contributed by atoms with Gasteiger partial charge in [-0.15, -0.1) is 0 Å². The lowest BCUT2D eigenvalue weighted by Crippen LogP contribution is -2.50. The number of nitrogens with zero attached hydrogens (tertiary/aromatic N) is 3. The van der Waals surface area contributed by atoms with E-state index in [9.17, 15) is 14.4 Å². The standard InChI is InChI=1S/C22H29N5O4/c1-4-26-11-22-8-5-15(31-22)16(17(22)20(26)30)19(29)24-14-6-9-27(10-7-14)21-23-13(3)12(2)18(28)25-21/h5,8,14-17H,4,6-7,9-11H2,1-3H3,(H,24,29)(H,23,25,28)/t15-,16+,17+,22-/m1/s1. The number of carbonyl (C=O) groups excluding carboxylic acids is 2. The van der Waals surface area contributed by atoms with Gasteiger partial charge in [0.2, 0.25) is 17.8 Å². The first-order valence-corrected chi connectivity index (χ1v) is 11.1. The zero-order valence-electron chi connectivity index (χ0n) is 18.2. The molecule has 1 aromatic rings. The van der Waals surface area contributed by atoms with Gasteiger partial charge >= 0.3 is 0 Å². The predicted molar refractivity (Wildman–Crippen MR) is 114 cm³/mol. The molecule has 0 aliphatic carbocycles. The minimum absolute atomic E-state index is 0.0223. The summed E-state index contributed by atoms with van der Waals surface area (Å²) in [6.07, 6.45) is 5.10. The topological polar surface area (TPSA) is 108 Å². The van der Waals surface area contributed by atoms with Crippen molar-refractivity contribution in [2.45, 2.75) is 51.4 Å². The zero-order valence-corrected chi connectivity index (χ0v) is 18.2. The first kappa shape index (κ1) is 20.2. The van der Waals surface area contributed by atoms with Crippen LogP contribution in [0.4, 0.5) is 5.95 Å². The Morgan fingerprint density at radius 2 is 2.06 bits per heavy atom. The van der Waals surface area contributed by atoms with Crippen molar-refractivity contribution in [1.29, 1.82) is 0 Å². The summed E-state index contributed by atoms with van der Waals surface area (Å²) in [5, 5.41) is 3.17. The highest BCUT2D eigenvalue weighted by Crippen LogP contribution is 2.51. The number of fused-ring (bicyclic) bond motifs is 1. The van der Waals surface area contributed by atoms with Crippen LogP contribution < -0.4 is 15.8 Å².